The predicted molar refractivity (Wildman–Crippen MR) is 55.7 cm³/mol. The zero-order valence-electron chi connectivity index (χ0n) is 8.85. The van der Waals surface area contributed by atoms with Crippen molar-refractivity contribution in [2.24, 2.45) is 5.92 Å². The van der Waals surface area contributed by atoms with Gasteiger partial charge in [-0.05, 0) is 18.9 Å². The molecule has 1 atom stereocenters. The quantitative estimate of drug-likeness (QED) is 0.525. The van der Waals surface area contributed by atoms with Gasteiger partial charge in [-0.3, -0.25) is 5.32 Å². The number of hydrogen-bond donors (Lipinski definition) is 2. The van der Waals surface area contributed by atoms with E-state index in [0.717, 1.165) is 19.5 Å². The van der Waals surface area contributed by atoms with Gasteiger partial charge in [0.15, 0.2) is 0 Å². The van der Waals surface area contributed by atoms with Crippen molar-refractivity contribution in [2.75, 3.05) is 6.54 Å². The Labute approximate surface area is 85.0 Å². The van der Waals surface area contributed by atoms with Crippen LogP contribution in [0.3, 0.4) is 0 Å². The molecule has 1 aromatic rings. The number of nitrogens with one attached hydrogen (secondary N) is 1. The zero-order valence-corrected chi connectivity index (χ0v) is 8.85. The van der Waals surface area contributed by atoms with E-state index in [1.165, 1.54) is 0 Å². The SMILES string of the molecule is CC(C)C(O)NCCCn1ccnc1. The molecule has 1 heterocycles. The largest absolute Gasteiger partial charge is 0.378 e. The van der Waals surface area contributed by atoms with Crippen molar-refractivity contribution < 1.29 is 5.11 Å². The van der Waals surface area contributed by atoms with Crippen LogP contribution in [0.2, 0.25) is 0 Å². The predicted octanol–water partition coefficient (Wildman–Crippen LogP) is 0.837. The molecular formula is C10H19N3O. The Bertz CT molecular complexity index is 234. The third-order valence-corrected chi connectivity index (χ3v) is 2.14. The lowest BCUT2D eigenvalue weighted by molar-refractivity contribution is 0.0902. The van der Waals surface area contributed by atoms with Gasteiger partial charge < -0.3 is 9.67 Å². The number of hydrogen-bond acceptors (Lipinski definition) is 3. The van der Waals surface area contributed by atoms with Crippen molar-refractivity contribution in [1.29, 1.82) is 0 Å². The van der Waals surface area contributed by atoms with Gasteiger partial charge in [-0.1, -0.05) is 13.8 Å². The molecule has 0 saturated heterocycles. The number of aryl methyl sites for hydroxylation is 1. The molecule has 0 aromatic carbocycles. The van der Waals surface area contributed by atoms with E-state index in [1.807, 2.05) is 24.6 Å². The number of imidazole rings is 1. The molecule has 0 bridgehead atoms. The third-order valence-electron chi connectivity index (χ3n) is 2.14. The van der Waals surface area contributed by atoms with Gasteiger partial charge in [0, 0.05) is 18.9 Å². The van der Waals surface area contributed by atoms with Crippen LogP contribution in [0.1, 0.15) is 20.3 Å². The minimum atomic E-state index is -0.391. The molecule has 4 nitrogen and oxygen atoms in total. The van der Waals surface area contributed by atoms with Gasteiger partial charge in [0.2, 0.25) is 0 Å². The summed E-state index contributed by atoms with van der Waals surface area (Å²) in [6.45, 7) is 5.76. The Morgan fingerprint density at radius 3 is 2.86 bits per heavy atom. The Morgan fingerprint density at radius 1 is 1.50 bits per heavy atom. The molecular weight excluding hydrogens is 178 g/mol. The normalized spacial score (nSPS) is 13.4. The maximum Gasteiger partial charge on any atom is 0.107 e. The van der Waals surface area contributed by atoms with E-state index in [-0.39, 0.29) is 5.92 Å². The summed E-state index contributed by atoms with van der Waals surface area (Å²) in [6, 6.07) is 0. The van der Waals surface area contributed by atoms with E-state index < -0.39 is 6.23 Å². The Morgan fingerprint density at radius 2 is 2.29 bits per heavy atom. The first kappa shape index (κ1) is 11.2. The number of aliphatic hydroxyl groups is 1. The van der Waals surface area contributed by atoms with E-state index >= 15 is 0 Å². The van der Waals surface area contributed by atoms with E-state index in [2.05, 4.69) is 10.3 Å². The van der Waals surface area contributed by atoms with Crippen molar-refractivity contribution in [2.45, 2.75) is 33.0 Å². The van der Waals surface area contributed by atoms with Crippen LogP contribution in [0.4, 0.5) is 0 Å². The number of aromatic nitrogens is 2. The van der Waals surface area contributed by atoms with Crippen molar-refractivity contribution in [3.8, 4) is 0 Å². The molecule has 0 aliphatic carbocycles. The fourth-order valence-corrected chi connectivity index (χ4v) is 1.17. The summed E-state index contributed by atoms with van der Waals surface area (Å²) in [5, 5.41) is 12.5. The van der Waals surface area contributed by atoms with Gasteiger partial charge >= 0.3 is 0 Å². The average molecular weight is 197 g/mol. The summed E-state index contributed by atoms with van der Waals surface area (Å²) < 4.78 is 2.03. The van der Waals surface area contributed by atoms with Gasteiger partial charge in [-0.2, -0.15) is 0 Å². The third kappa shape index (κ3) is 3.89. The molecule has 80 valence electrons. The summed E-state index contributed by atoms with van der Waals surface area (Å²) in [7, 11) is 0. The minimum Gasteiger partial charge on any atom is -0.378 e. The molecule has 0 radical (unpaired) electrons. The highest BCUT2D eigenvalue weighted by Crippen LogP contribution is 1.97. The van der Waals surface area contributed by atoms with Crippen LogP contribution < -0.4 is 5.32 Å². The molecule has 0 fully saturated rings. The Kier molecular flexibility index (Phi) is 4.62. The summed E-state index contributed by atoms with van der Waals surface area (Å²) in [4.78, 5) is 3.96. The van der Waals surface area contributed by atoms with Crippen LogP contribution in [0.25, 0.3) is 0 Å². The smallest absolute Gasteiger partial charge is 0.107 e. The second-order valence-corrected chi connectivity index (χ2v) is 3.80. The van der Waals surface area contributed by atoms with Crippen LogP contribution >= 0.6 is 0 Å². The maximum atomic E-state index is 9.45. The van der Waals surface area contributed by atoms with Crippen LogP contribution in [0, 0.1) is 5.92 Å². The second kappa shape index (κ2) is 5.78. The topological polar surface area (TPSA) is 50.1 Å². The lowest BCUT2D eigenvalue weighted by Crippen LogP contribution is -2.34. The zero-order chi connectivity index (χ0) is 10.4. The van der Waals surface area contributed by atoms with Gasteiger partial charge in [-0.15, -0.1) is 0 Å². The molecule has 0 amide bonds. The monoisotopic (exact) mass is 197 g/mol. The van der Waals surface area contributed by atoms with Gasteiger partial charge in [0.05, 0.1) is 6.33 Å². The van der Waals surface area contributed by atoms with Crippen molar-refractivity contribution >= 4 is 0 Å². The summed E-state index contributed by atoms with van der Waals surface area (Å²) in [5.41, 5.74) is 0. The summed E-state index contributed by atoms with van der Waals surface area (Å²) in [5.74, 6) is 0.267. The fraction of sp³-hybridized carbons (Fsp3) is 0.700. The van der Waals surface area contributed by atoms with Crippen molar-refractivity contribution in [1.82, 2.24) is 14.9 Å². The van der Waals surface area contributed by atoms with E-state index in [4.69, 9.17) is 0 Å². The highest BCUT2D eigenvalue weighted by Gasteiger charge is 2.06. The van der Waals surface area contributed by atoms with Gasteiger partial charge in [-0.25, -0.2) is 4.98 Å². The Balaban J connectivity index is 2.05. The summed E-state index contributed by atoms with van der Waals surface area (Å²) in [6.07, 6.45) is 6.13. The molecule has 1 aromatic heterocycles. The van der Waals surface area contributed by atoms with Crippen LogP contribution in [-0.2, 0) is 6.54 Å². The van der Waals surface area contributed by atoms with Crippen LogP contribution in [0.15, 0.2) is 18.7 Å². The molecule has 1 rings (SSSR count). The average Bonchev–Trinajstić information content (AvgIpc) is 2.64. The van der Waals surface area contributed by atoms with Crippen LogP contribution in [-0.4, -0.2) is 27.4 Å². The first-order valence-corrected chi connectivity index (χ1v) is 5.07. The van der Waals surface area contributed by atoms with Crippen LogP contribution in [0.5, 0.6) is 0 Å². The highest BCUT2D eigenvalue weighted by molar-refractivity contribution is 4.73. The molecule has 0 aliphatic heterocycles. The second-order valence-electron chi connectivity index (χ2n) is 3.80. The van der Waals surface area contributed by atoms with E-state index in [9.17, 15) is 5.11 Å². The lowest BCUT2D eigenvalue weighted by atomic mass is 10.2. The first-order chi connectivity index (χ1) is 6.70. The number of nitrogens with zero attached hydrogens (tertiary/aromatic N) is 2. The van der Waals surface area contributed by atoms with Crippen molar-refractivity contribution in [3.63, 3.8) is 0 Å². The number of rotatable bonds is 6. The molecule has 4 heteroatoms. The fourth-order valence-electron chi connectivity index (χ4n) is 1.17. The minimum absolute atomic E-state index is 0.267. The standard InChI is InChI=1S/C10H19N3O/c1-9(2)10(14)12-4-3-6-13-7-5-11-8-13/h5,7-10,12,14H,3-4,6H2,1-2H3. The van der Waals surface area contributed by atoms with Gasteiger partial charge in [0.25, 0.3) is 0 Å². The first-order valence-electron chi connectivity index (χ1n) is 5.07. The molecule has 1 unspecified atom stereocenters. The lowest BCUT2D eigenvalue weighted by Gasteiger charge is -2.15. The molecule has 0 saturated carbocycles. The maximum absolute atomic E-state index is 9.45. The number of aliphatic hydroxyl groups excluding tert-OH is 1. The van der Waals surface area contributed by atoms with E-state index in [1.54, 1.807) is 12.5 Å². The van der Waals surface area contributed by atoms with E-state index in [0.29, 0.717) is 0 Å². The van der Waals surface area contributed by atoms with Crippen molar-refractivity contribution in [3.05, 3.63) is 18.7 Å². The Hall–Kier alpha value is -0.870. The molecule has 14 heavy (non-hydrogen) atoms. The molecule has 0 spiro atoms. The highest BCUT2D eigenvalue weighted by atomic mass is 16.3. The molecule has 0 aliphatic rings. The molecule has 2 N–H and O–H groups in total. The summed E-state index contributed by atoms with van der Waals surface area (Å²) >= 11 is 0. The van der Waals surface area contributed by atoms with Gasteiger partial charge in [0.1, 0.15) is 6.23 Å².